The number of ketones is 2. The second-order valence-electron chi connectivity index (χ2n) is 8.39. The molecule has 33 heavy (non-hydrogen) atoms. The summed E-state index contributed by atoms with van der Waals surface area (Å²) in [6.45, 7) is 0. The number of rotatable bonds is 2. The van der Waals surface area contributed by atoms with Crippen molar-refractivity contribution in [1.82, 2.24) is 5.32 Å². The van der Waals surface area contributed by atoms with E-state index >= 15 is 0 Å². The van der Waals surface area contributed by atoms with Crippen molar-refractivity contribution < 1.29 is 29.0 Å². The van der Waals surface area contributed by atoms with Crippen LogP contribution in [0.1, 0.15) is 24.3 Å². The van der Waals surface area contributed by atoms with Gasteiger partial charge in [-0.05, 0) is 78.2 Å². The monoisotopic (exact) mass is 639 g/mol. The van der Waals surface area contributed by atoms with Crippen molar-refractivity contribution in [2.45, 2.75) is 18.8 Å². The second-order valence-corrected chi connectivity index (χ2v) is 10.8. The fraction of sp³-hybridized carbons (Fsp3) is 0.304. The molecule has 1 heterocycles. The molecule has 1 aromatic rings. The number of carbonyl (C=O) groups excluding carboxylic acids is 4. The first kappa shape index (κ1) is 22.7. The zero-order valence-electron chi connectivity index (χ0n) is 17.1. The van der Waals surface area contributed by atoms with Crippen molar-refractivity contribution in [2.24, 2.45) is 17.8 Å². The number of halogens is 3. The number of aromatic hydroxyl groups is 1. The van der Waals surface area contributed by atoms with Gasteiger partial charge in [-0.2, -0.15) is 0 Å². The Hall–Kier alpha value is -2.04. The van der Waals surface area contributed by atoms with Crippen molar-refractivity contribution in [3.63, 3.8) is 0 Å². The molecule has 0 spiro atoms. The zero-order chi connectivity index (χ0) is 23.8. The summed E-state index contributed by atoms with van der Waals surface area (Å²) in [7, 11) is 1.42. The maximum absolute atomic E-state index is 13.2. The number of nitrogens with one attached hydrogen (secondary N) is 1. The van der Waals surface area contributed by atoms with Crippen LogP contribution in [-0.4, -0.2) is 35.6 Å². The fourth-order valence-electron chi connectivity index (χ4n) is 5.45. The van der Waals surface area contributed by atoms with Crippen molar-refractivity contribution >= 4 is 71.2 Å². The van der Waals surface area contributed by atoms with Crippen LogP contribution in [0.2, 0.25) is 0 Å². The van der Waals surface area contributed by atoms with E-state index in [1.54, 1.807) is 6.07 Å². The molecule has 0 bridgehead atoms. The van der Waals surface area contributed by atoms with Gasteiger partial charge in [0.05, 0.1) is 27.9 Å². The van der Waals surface area contributed by atoms with E-state index < -0.39 is 23.7 Å². The number of benzene rings is 1. The minimum Gasteiger partial charge on any atom is -0.503 e. The van der Waals surface area contributed by atoms with Crippen molar-refractivity contribution in [3.8, 4) is 11.5 Å². The number of carbonyl (C=O) groups is 4. The molecule has 0 radical (unpaired) electrons. The number of phenolic OH excluding ortho intramolecular Hbond substituents is 1. The van der Waals surface area contributed by atoms with Crippen LogP contribution in [0.15, 0.2) is 48.4 Å². The van der Waals surface area contributed by atoms with Gasteiger partial charge in [-0.1, -0.05) is 11.6 Å². The van der Waals surface area contributed by atoms with Gasteiger partial charge in [0.25, 0.3) is 0 Å². The van der Waals surface area contributed by atoms with E-state index in [2.05, 4.69) is 53.1 Å². The number of hydrogen-bond donors (Lipinski definition) is 2. The number of ether oxygens (including phenoxy) is 1. The number of amides is 2. The van der Waals surface area contributed by atoms with Crippen LogP contribution in [-0.2, 0) is 19.2 Å². The summed E-state index contributed by atoms with van der Waals surface area (Å²) in [5.74, 6) is -3.35. The van der Waals surface area contributed by atoms with Crippen molar-refractivity contribution in [3.05, 3.63) is 53.9 Å². The summed E-state index contributed by atoms with van der Waals surface area (Å²) in [4.78, 5) is 51.4. The summed E-state index contributed by atoms with van der Waals surface area (Å²) in [6, 6.07) is 1.62. The van der Waals surface area contributed by atoms with Gasteiger partial charge in [0.1, 0.15) is 0 Å². The Morgan fingerprint density at radius 3 is 2.48 bits per heavy atom. The van der Waals surface area contributed by atoms with E-state index in [-0.39, 0.29) is 45.8 Å². The quantitative estimate of drug-likeness (QED) is 0.287. The highest BCUT2D eigenvalue weighted by Crippen LogP contribution is 2.57. The third-order valence-corrected chi connectivity index (χ3v) is 9.63. The lowest BCUT2D eigenvalue weighted by Gasteiger charge is -2.42. The summed E-state index contributed by atoms with van der Waals surface area (Å²) in [5.41, 5.74) is 2.10. The highest BCUT2D eigenvalue weighted by molar-refractivity contribution is 9.13. The molecule has 2 amide bonds. The third kappa shape index (κ3) is 3.24. The lowest BCUT2D eigenvalue weighted by atomic mass is 9.59. The fourth-order valence-corrected chi connectivity index (χ4v) is 6.85. The zero-order valence-corrected chi connectivity index (χ0v) is 21.8. The van der Waals surface area contributed by atoms with Gasteiger partial charge in [-0.3, -0.25) is 24.5 Å². The molecule has 1 fully saturated rings. The molecule has 1 aromatic carbocycles. The SMILES string of the molecule is COc1cc([C@H]2C3=CC[C@@H]4C(=O)NC(=O)[C@@H]4[C@@H]3CC3=C2C(=O)C=C(Br)C3=O)c(Br)c(Br)c1O. The predicted molar refractivity (Wildman–Crippen MR) is 128 cm³/mol. The maximum atomic E-state index is 13.2. The Morgan fingerprint density at radius 1 is 1.06 bits per heavy atom. The Kier molecular flexibility index (Phi) is 5.53. The van der Waals surface area contributed by atoms with Crippen LogP contribution in [0.5, 0.6) is 11.5 Å². The van der Waals surface area contributed by atoms with Crippen LogP contribution in [0.4, 0.5) is 0 Å². The topological polar surface area (TPSA) is 110 Å². The van der Waals surface area contributed by atoms with Gasteiger partial charge in [0.15, 0.2) is 23.1 Å². The number of methoxy groups -OCH3 is 1. The molecule has 3 aliphatic carbocycles. The Morgan fingerprint density at radius 2 is 1.79 bits per heavy atom. The third-order valence-electron chi connectivity index (χ3n) is 6.88. The molecule has 1 saturated heterocycles. The Bertz CT molecular complexity index is 1280. The van der Waals surface area contributed by atoms with Gasteiger partial charge < -0.3 is 9.84 Å². The van der Waals surface area contributed by atoms with E-state index in [1.807, 2.05) is 6.08 Å². The second kappa shape index (κ2) is 8.02. The van der Waals surface area contributed by atoms with Gasteiger partial charge in [-0.25, -0.2) is 0 Å². The van der Waals surface area contributed by atoms with Gasteiger partial charge in [0.2, 0.25) is 11.8 Å². The largest absolute Gasteiger partial charge is 0.503 e. The Labute approximate surface area is 213 Å². The minimum atomic E-state index is -0.656. The number of imide groups is 1. The average molecular weight is 642 g/mol. The molecule has 5 rings (SSSR count). The molecular formula is C23H16Br3NO6. The van der Waals surface area contributed by atoms with Crippen LogP contribution in [0, 0.1) is 17.8 Å². The van der Waals surface area contributed by atoms with E-state index in [4.69, 9.17) is 4.74 Å². The summed E-state index contributed by atoms with van der Waals surface area (Å²) >= 11 is 10.1. The standard InChI is InChI=1S/C23H16Br3NO6/c1-33-14-5-10(18(25)19(26)21(14)30)15-7-2-3-8-16(23(32)27-22(8)31)9(7)4-11-17(15)13(28)6-12(24)20(11)29/h2,5-6,8-9,15-16,30H,3-4H2,1H3,(H,27,31,32)/t8-,9+,15+,16-/m0/s1. The molecule has 0 saturated carbocycles. The Balaban J connectivity index is 1.78. The highest BCUT2D eigenvalue weighted by atomic mass is 79.9. The average Bonchev–Trinajstić information content (AvgIpc) is 3.08. The number of fused-ring (bicyclic) bond motifs is 3. The minimum absolute atomic E-state index is 0.109. The molecule has 7 nitrogen and oxygen atoms in total. The van der Waals surface area contributed by atoms with Gasteiger partial charge in [0, 0.05) is 27.6 Å². The lowest BCUT2D eigenvalue weighted by molar-refractivity contribution is -0.126. The normalized spacial score (nSPS) is 28.6. The molecule has 2 N–H and O–H groups in total. The summed E-state index contributed by atoms with van der Waals surface area (Å²) < 4.78 is 6.35. The molecule has 1 aliphatic heterocycles. The first-order chi connectivity index (χ1) is 15.6. The first-order valence-corrected chi connectivity index (χ1v) is 12.5. The molecule has 10 heteroatoms. The van der Waals surface area contributed by atoms with E-state index in [0.717, 1.165) is 5.57 Å². The first-order valence-electron chi connectivity index (χ1n) is 10.1. The van der Waals surface area contributed by atoms with E-state index in [1.165, 1.54) is 13.2 Å². The van der Waals surface area contributed by atoms with Crippen LogP contribution < -0.4 is 10.1 Å². The van der Waals surface area contributed by atoms with Crippen LogP contribution >= 0.6 is 47.8 Å². The van der Waals surface area contributed by atoms with E-state index in [9.17, 15) is 24.3 Å². The maximum Gasteiger partial charge on any atom is 0.231 e. The van der Waals surface area contributed by atoms with Crippen molar-refractivity contribution in [2.75, 3.05) is 7.11 Å². The number of allylic oxidation sites excluding steroid dienone is 6. The van der Waals surface area contributed by atoms with Crippen LogP contribution in [0.3, 0.4) is 0 Å². The van der Waals surface area contributed by atoms with Gasteiger partial charge >= 0.3 is 0 Å². The molecular weight excluding hydrogens is 626 g/mol. The summed E-state index contributed by atoms with van der Waals surface area (Å²) in [5, 5.41) is 12.9. The molecule has 4 aliphatic rings. The molecule has 0 unspecified atom stereocenters. The number of Topliss-reactive ketones (excluding diaryl/α,β-unsaturated/α-hetero) is 1. The smallest absolute Gasteiger partial charge is 0.231 e. The summed E-state index contributed by atoms with van der Waals surface area (Å²) in [6.07, 6.45) is 3.75. The van der Waals surface area contributed by atoms with Crippen LogP contribution in [0.25, 0.3) is 0 Å². The van der Waals surface area contributed by atoms with Crippen molar-refractivity contribution in [1.29, 1.82) is 0 Å². The van der Waals surface area contributed by atoms with Gasteiger partial charge in [-0.15, -0.1) is 0 Å². The predicted octanol–water partition coefficient (Wildman–Crippen LogP) is 3.98. The number of hydrogen-bond acceptors (Lipinski definition) is 6. The number of phenols is 1. The molecule has 170 valence electrons. The highest BCUT2D eigenvalue weighted by Gasteiger charge is 2.53. The van der Waals surface area contributed by atoms with E-state index in [0.29, 0.717) is 32.1 Å². The lowest BCUT2D eigenvalue weighted by Crippen LogP contribution is -2.39. The molecule has 0 aromatic heterocycles. The molecule has 4 atom stereocenters.